The number of pyridine rings is 1. The number of amides is 1. The Bertz CT molecular complexity index is 1210. The number of allylic oxidation sites excluding steroid dienone is 1. The SMILES string of the molecule is COC(=O)C(C(=Cc1ccccc1)C(=O)NCc1ccncc1)=C(C)c1cc(OC)cc(OC)c1. The summed E-state index contributed by atoms with van der Waals surface area (Å²) in [7, 11) is 4.38. The number of benzene rings is 2. The molecule has 2 aromatic carbocycles. The predicted molar refractivity (Wildman–Crippen MR) is 135 cm³/mol. The molecule has 0 bridgehead atoms. The van der Waals surface area contributed by atoms with Crippen molar-refractivity contribution in [2.75, 3.05) is 21.3 Å². The van der Waals surface area contributed by atoms with Crippen molar-refractivity contribution in [1.29, 1.82) is 0 Å². The van der Waals surface area contributed by atoms with E-state index in [9.17, 15) is 9.59 Å². The van der Waals surface area contributed by atoms with Crippen molar-refractivity contribution in [1.82, 2.24) is 10.3 Å². The average molecular weight is 473 g/mol. The third-order valence-electron chi connectivity index (χ3n) is 5.38. The van der Waals surface area contributed by atoms with Crippen LogP contribution >= 0.6 is 0 Å². The van der Waals surface area contributed by atoms with Gasteiger partial charge in [0.2, 0.25) is 0 Å². The lowest BCUT2D eigenvalue weighted by molar-refractivity contribution is -0.136. The maximum atomic E-state index is 13.5. The second kappa shape index (κ2) is 12.2. The first-order valence-electron chi connectivity index (χ1n) is 10.9. The minimum atomic E-state index is -0.634. The quantitative estimate of drug-likeness (QED) is 0.281. The van der Waals surface area contributed by atoms with Gasteiger partial charge >= 0.3 is 5.97 Å². The fourth-order valence-corrected chi connectivity index (χ4v) is 3.48. The van der Waals surface area contributed by atoms with Gasteiger partial charge in [-0.25, -0.2) is 4.79 Å². The first kappa shape index (κ1) is 25.2. The summed E-state index contributed by atoms with van der Waals surface area (Å²) in [5.74, 6) is 0.0584. The van der Waals surface area contributed by atoms with E-state index in [0.717, 1.165) is 11.1 Å². The molecule has 0 aliphatic heterocycles. The van der Waals surface area contributed by atoms with E-state index in [1.165, 1.54) is 7.11 Å². The largest absolute Gasteiger partial charge is 0.497 e. The number of carbonyl (C=O) groups is 2. The molecule has 180 valence electrons. The molecular weight excluding hydrogens is 444 g/mol. The lowest BCUT2D eigenvalue weighted by Crippen LogP contribution is -2.27. The zero-order chi connectivity index (χ0) is 25.2. The smallest absolute Gasteiger partial charge is 0.338 e. The van der Waals surface area contributed by atoms with E-state index < -0.39 is 11.9 Å². The van der Waals surface area contributed by atoms with Crippen LogP contribution < -0.4 is 14.8 Å². The van der Waals surface area contributed by atoms with Gasteiger partial charge in [0, 0.05) is 25.0 Å². The van der Waals surface area contributed by atoms with Crippen LogP contribution in [0, 0.1) is 0 Å². The van der Waals surface area contributed by atoms with Crippen molar-refractivity contribution >= 4 is 23.5 Å². The Morgan fingerprint density at radius 3 is 2.11 bits per heavy atom. The lowest BCUT2D eigenvalue weighted by atomic mass is 9.93. The van der Waals surface area contributed by atoms with Gasteiger partial charge in [0.15, 0.2) is 0 Å². The second-order valence-corrected chi connectivity index (χ2v) is 7.60. The van der Waals surface area contributed by atoms with Crippen LogP contribution in [0.3, 0.4) is 0 Å². The highest BCUT2D eigenvalue weighted by Crippen LogP contribution is 2.32. The van der Waals surface area contributed by atoms with Crippen LogP contribution in [0.5, 0.6) is 11.5 Å². The lowest BCUT2D eigenvalue weighted by Gasteiger charge is -2.16. The maximum Gasteiger partial charge on any atom is 0.338 e. The van der Waals surface area contributed by atoms with Crippen LogP contribution in [0.4, 0.5) is 0 Å². The van der Waals surface area contributed by atoms with Crippen LogP contribution in [-0.4, -0.2) is 38.2 Å². The van der Waals surface area contributed by atoms with Crippen LogP contribution in [0.1, 0.15) is 23.6 Å². The van der Waals surface area contributed by atoms with Gasteiger partial charge in [0.25, 0.3) is 5.91 Å². The van der Waals surface area contributed by atoms with Crippen molar-refractivity contribution in [2.24, 2.45) is 0 Å². The van der Waals surface area contributed by atoms with Gasteiger partial charge in [-0.2, -0.15) is 0 Å². The van der Waals surface area contributed by atoms with Gasteiger partial charge in [0.05, 0.1) is 32.5 Å². The Labute approximate surface area is 205 Å². The average Bonchev–Trinajstić information content (AvgIpc) is 2.91. The number of nitrogens with one attached hydrogen (secondary N) is 1. The number of aromatic nitrogens is 1. The Kier molecular flexibility index (Phi) is 8.78. The third kappa shape index (κ3) is 6.57. The number of carbonyl (C=O) groups excluding carboxylic acids is 2. The molecule has 0 atom stereocenters. The number of ether oxygens (including phenoxy) is 3. The van der Waals surface area contributed by atoms with Gasteiger partial charge in [0.1, 0.15) is 11.5 Å². The van der Waals surface area contributed by atoms with Crippen LogP contribution in [0.15, 0.2) is 84.2 Å². The van der Waals surface area contributed by atoms with Crippen LogP contribution in [0.2, 0.25) is 0 Å². The molecule has 0 fully saturated rings. The van der Waals surface area contributed by atoms with Crippen molar-refractivity contribution in [2.45, 2.75) is 13.5 Å². The number of methoxy groups -OCH3 is 3. The molecule has 0 aliphatic rings. The van der Waals surface area contributed by atoms with E-state index in [-0.39, 0.29) is 17.7 Å². The molecule has 0 aliphatic carbocycles. The molecule has 0 unspecified atom stereocenters. The molecule has 1 amide bonds. The van der Waals surface area contributed by atoms with Gasteiger partial charge < -0.3 is 19.5 Å². The summed E-state index contributed by atoms with van der Waals surface area (Å²) in [6, 6.07) is 18.2. The van der Waals surface area contributed by atoms with Crippen LogP contribution in [0.25, 0.3) is 11.6 Å². The summed E-state index contributed by atoms with van der Waals surface area (Å²) in [5, 5.41) is 2.90. The Hall–Kier alpha value is -4.39. The molecule has 0 spiro atoms. The fraction of sp³-hybridized carbons (Fsp3) is 0.179. The minimum absolute atomic E-state index is 0.138. The summed E-state index contributed by atoms with van der Waals surface area (Å²) in [4.78, 5) is 30.6. The van der Waals surface area contributed by atoms with Crippen LogP contribution in [-0.2, 0) is 20.9 Å². The Morgan fingerprint density at radius 2 is 1.54 bits per heavy atom. The van der Waals surface area contributed by atoms with Crippen molar-refractivity contribution < 1.29 is 23.8 Å². The molecule has 1 heterocycles. The second-order valence-electron chi connectivity index (χ2n) is 7.60. The zero-order valence-corrected chi connectivity index (χ0v) is 20.2. The molecule has 0 radical (unpaired) electrons. The monoisotopic (exact) mass is 472 g/mol. The van der Waals surface area contributed by atoms with Crippen molar-refractivity contribution in [3.63, 3.8) is 0 Å². The fourth-order valence-electron chi connectivity index (χ4n) is 3.48. The maximum absolute atomic E-state index is 13.5. The molecule has 7 nitrogen and oxygen atoms in total. The minimum Gasteiger partial charge on any atom is -0.497 e. The van der Waals surface area contributed by atoms with Gasteiger partial charge in [-0.3, -0.25) is 9.78 Å². The summed E-state index contributed by atoms with van der Waals surface area (Å²) < 4.78 is 15.9. The predicted octanol–water partition coefficient (Wildman–Crippen LogP) is 4.45. The molecule has 0 saturated carbocycles. The highest BCUT2D eigenvalue weighted by Gasteiger charge is 2.25. The summed E-state index contributed by atoms with van der Waals surface area (Å²) in [6.45, 7) is 2.03. The first-order chi connectivity index (χ1) is 17.0. The number of hydrogen-bond acceptors (Lipinski definition) is 6. The molecule has 3 aromatic rings. The molecule has 3 rings (SSSR count). The molecule has 1 N–H and O–H groups in total. The molecule has 0 saturated heterocycles. The normalized spacial score (nSPS) is 11.8. The van der Waals surface area contributed by atoms with Gasteiger partial charge in [-0.1, -0.05) is 30.3 Å². The van der Waals surface area contributed by atoms with Crippen molar-refractivity contribution in [3.05, 3.63) is 101 Å². The summed E-state index contributed by atoms with van der Waals surface area (Å²) >= 11 is 0. The van der Waals surface area contributed by atoms with Gasteiger partial charge in [-0.15, -0.1) is 0 Å². The third-order valence-corrected chi connectivity index (χ3v) is 5.38. The van der Waals surface area contributed by atoms with E-state index in [2.05, 4.69) is 10.3 Å². The summed E-state index contributed by atoms with van der Waals surface area (Å²) in [6.07, 6.45) is 4.99. The number of nitrogens with zero attached hydrogens (tertiary/aromatic N) is 1. The van der Waals surface area contributed by atoms with E-state index in [1.807, 2.05) is 42.5 Å². The zero-order valence-electron chi connectivity index (χ0n) is 20.2. The highest BCUT2D eigenvalue weighted by molar-refractivity contribution is 6.16. The standard InChI is InChI=1S/C28H28N2O5/c1-19(22-15-23(33-2)17-24(16-22)34-3)26(28(32)35-4)25(14-20-8-6-5-7-9-20)27(31)30-18-21-10-12-29-13-11-21/h5-17H,18H2,1-4H3,(H,30,31). The van der Waals surface area contributed by atoms with Crippen molar-refractivity contribution in [3.8, 4) is 11.5 Å². The number of hydrogen-bond donors (Lipinski definition) is 1. The molecule has 35 heavy (non-hydrogen) atoms. The molecule has 7 heteroatoms. The first-order valence-corrected chi connectivity index (χ1v) is 10.9. The van der Waals surface area contributed by atoms with E-state index >= 15 is 0 Å². The molecular formula is C28H28N2O5. The van der Waals surface area contributed by atoms with E-state index in [1.54, 1.807) is 57.8 Å². The van der Waals surface area contributed by atoms with E-state index in [4.69, 9.17) is 14.2 Å². The number of esters is 1. The van der Waals surface area contributed by atoms with Gasteiger partial charge in [-0.05, 0) is 59.5 Å². The van der Waals surface area contributed by atoms with E-state index in [0.29, 0.717) is 22.6 Å². The topological polar surface area (TPSA) is 86.8 Å². The highest BCUT2D eigenvalue weighted by atomic mass is 16.5. The number of rotatable bonds is 9. The Balaban J connectivity index is 2.15. The Morgan fingerprint density at radius 1 is 0.914 bits per heavy atom. The summed E-state index contributed by atoms with van der Waals surface area (Å²) in [5.41, 5.74) is 3.15. The molecule has 1 aromatic heterocycles.